The first-order valence-corrected chi connectivity index (χ1v) is 49.9. The first kappa shape index (κ1) is 105. The van der Waals surface area contributed by atoms with Crippen LogP contribution in [-0.4, -0.2) is 7.32 Å². The van der Waals surface area contributed by atoms with E-state index in [1.165, 1.54) is 54.6 Å². The summed E-state index contributed by atoms with van der Waals surface area (Å²) < 4.78 is 288. The first-order chi connectivity index (χ1) is 70.2. The van der Waals surface area contributed by atoms with Gasteiger partial charge in [0.1, 0.15) is 105 Å². The fourth-order valence-electron chi connectivity index (χ4n) is 17.8. The van der Waals surface area contributed by atoms with Crippen LogP contribution in [-0.2, 0) is 51.9 Å². The predicted molar refractivity (Wildman–Crippen MR) is 534 cm³/mol. The van der Waals surface area contributed by atoms with Gasteiger partial charge in [-0.15, -0.1) is 0 Å². The lowest BCUT2D eigenvalue weighted by atomic mass is 9.82. The van der Waals surface area contributed by atoms with Crippen LogP contribution in [0.5, 0.6) is 0 Å². The highest BCUT2D eigenvalue weighted by Crippen LogP contribution is 2.57. The second-order valence-corrected chi connectivity index (χ2v) is 39.2. The van der Waals surface area contributed by atoms with Crippen molar-refractivity contribution in [3.63, 3.8) is 0 Å². The van der Waals surface area contributed by atoms with E-state index in [1.54, 1.807) is 18.2 Å². The van der Waals surface area contributed by atoms with Gasteiger partial charge in [0.05, 0.1) is 99.4 Å². The molecule has 0 atom stereocenters. The van der Waals surface area contributed by atoms with Gasteiger partial charge in [-0.1, -0.05) is 204 Å². The molecular formula is C120H87BF18O3S3. The molecule has 3 nitrogen and oxygen atoms in total. The number of halogens is 18. The minimum Gasteiger partial charge on any atom is -0.907 e. The van der Waals surface area contributed by atoms with E-state index in [0.717, 1.165) is 139 Å². The van der Waals surface area contributed by atoms with Gasteiger partial charge in [-0.2, -0.15) is 0 Å². The van der Waals surface area contributed by atoms with Crippen LogP contribution in [0.25, 0.3) is 100 Å². The van der Waals surface area contributed by atoms with Crippen LogP contribution in [0.4, 0.5) is 79.0 Å². The van der Waals surface area contributed by atoms with E-state index in [2.05, 4.69) is 0 Å². The van der Waals surface area contributed by atoms with Crippen molar-refractivity contribution in [2.45, 2.75) is 123 Å². The maximum absolute atomic E-state index is 16.1. The monoisotopic (exact) mass is 2020 g/mol. The Morgan fingerprint density at radius 2 is 0.290 bits per heavy atom. The maximum Gasteiger partial charge on any atom is 0.175 e. The van der Waals surface area contributed by atoms with E-state index < -0.39 is 195 Å². The average Bonchev–Trinajstić information content (AvgIpc) is 0.727. The molecule has 0 heterocycles. The molecule has 0 bridgehead atoms. The Hall–Kier alpha value is -14.3. The summed E-state index contributed by atoms with van der Waals surface area (Å²) in [4.78, 5) is 5.67. The smallest absolute Gasteiger partial charge is 0.175 e. The number of unbranched alkanes of at least 4 members (excludes halogenated alkanes) is 3. The molecule has 0 aliphatic rings. The Kier molecular flexibility index (Phi) is 35.0. The average molecular weight is 2030 g/mol. The zero-order valence-electron chi connectivity index (χ0n) is 77.8. The molecule has 0 aliphatic heterocycles. The van der Waals surface area contributed by atoms with E-state index in [-0.39, 0.29) is 69.3 Å². The lowest BCUT2D eigenvalue weighted by molar-refractivity contribution is -0.479. The molecule has 0 fully saturated rings. The topological polar surface area (TPSA) is 69.2 Å². The summed E-state index contributed by atoms with van der Waals surface area (Å²) in [6, 6.07) is 90.1. The van der Waals surface area contributed by atoms with Crippen LogP contribution in [0, 0.1) is 105 Å². The second-order valence-electron chi connectivity index (χ2n) is 33.2. The molecule has 732 valence electrons. The molecule has 18 aromatic rings. The first-order valence-electron chi connectivity index (χ1n) is 46.3. The Bertz CT molecular complexity index is 6620. The summed E-state index contributed by atoms with van der Waals surface area (Å²) in [5, 5.41) is 25.2. The molecule has 0 N–H and O–H groups in total. The van der Waals surface area contributed by atoms with Crippen molar-refractivity contribution < 1.29 is 94.1 Å². The molecule has 18 aromatic carbocycles. The number of aryl methyl sites for hydroxylation is 3. The highest BCUT2D eigenvalue weighted by Gasteiger charge is 2.45. The quantitative estimate of drug-likeness (QED) is 0.0293. The summed E-state index contributed by atoms with van der Waals surface area (Å²) in [6.45, 7) is 5.84. The van der Waals surface area contributed by atoms with Crippen LogP contribution < -0.4 is 15.1 Å². The summed E-state index contributed by atoms with van der Waals surface area (Å²) in [5.41, 5.74) is -5.89. The van der Waals surface area contributed by atoms with E-state index in [1.807, 2.05) is 203 Å². The molecule has 0 amide bonds. The summed E-state index contributed by atoms with van der Waals surface area (Å²) in [6.07, 6.45) is 4.63. The van der Waals surface area contributed by atoms with Gasteiger partial charge in [-0.05, 0) is 272 Å². The Morgan fingerprint density at radius 1 is 0.166 bits per heavy atom. The zero-order valence-corrected chi connectivity index (χ0v) is 80.3. The van der Waals surface area contributed by atoms with Gasteiger partial charge in [-0.3, -0.25) is 7.32 Å². The molecule has 25 heteroatoms. The summed E-state index contributed by atoms with van der Waals surface area (Å²) in [7, 11) is -6.21. The van der Waals surface area contributed by atoms with Gasteiger partial charge in [0, 0.05) is 16.7 Å². The molecule has 0 spiro atoms. The number of benzene rings is 18. The van der Waals surface area contributed by atoms with Gasteiger partial charge < -0.3 is 15.1 Å². The van der Waals surface area contributed by atoms with Crippen molar-refractivity contribution in [1.29, 1.82) is 0 Å². The van der Waals surface area contributed by atoms with Gasteiger partial charge in [0.15, 0.2) is 44.1 Å². The van der Waals surface area contributed by atoms with Crippen molar-refractivity contribution in [1.82, 2.24) is 0 Å². The second kappa shape index (κ2) is 48.4. The largest absolute Gasteiger partial charge is 0.907 e. The Balaban J connectivity index is 0.000000160. The molecular weight excluding hydrogens is 1940 g/mol. The van der Waals surface area contributed by atoms with E-state index >= 15 is 79.0 Å². The molecule has 0 saturated carbocycles. The molecule has 0 unspecified atom stereocenters. The van der Waals surface area contributed by atoms with E-state index in [4.69, 9.17) is 15.1 Å². The zero-order chi connectivity index (χ0) is 103. The third-order valence-corrected chi connectivity index (χ3v) is 30.7. The van der Waals surface area contributed by atoms with Crippen molar-refractivity contribution >= 4 is 40.0 Å². The number of rotatable bonds is 27. The predicted octanol–water partition coefficient (Wildman–Crippen LogP) is 31.9. The molecule has 145 heavy (non-hydrogen) atoms. The summed E-state index contributed by atoms with van der Waals surface area (Å²) in [5.74, 6) is -18.0. The fourth-order valence-corrected chi connectivity index (χ4v) is 24.7. The normalized spacial score (nSPS) is 11.2. The highest BCUT2D eigenvalue weighted by atomic mass is 32.2. The van der Waals surface area contributed by atoms with Crippen LogP contribution in [0.3, 0.4) is 0 Å². The minimum absolute atomic E-state index is 0.149. The molecule has 0 saturated heterocycles. The Labute approximate surface area is 836 Å². The van der Waals surface area contributed by atoms with Crippen LogP contribution in [0.2, 0.25) is 0 Å². The van der Waals surface area contributed by atoms with Crippen molar-refractivity contribution in [2.75, 3.05) is 0 Å². The molecule has 0 aliphatic carbocycles. The highest BCUT2D eigenvalue weighted by molar-refractivity contribution is 7.98. The van der Waals surface area contributed by atoms with E-state index in [9.17, 15) is 0 Å². The standard InChI is InChI=1S/3C40H29F6S.BO3/c3*1-2-3-13-25-24-34(47(26-14-6-4-7-15-26)27-16-8-5-9-17-27)39(37-30(43)20-11-21-31(37)44)40(38-32(45)22-12-23-33(38)46)35(25)36-28(41)18-10-19-29(36)42;2-1(3)4/h3*4-12,14-24H,2-3,13H2,1H3;/q3*+1;-3. The van der Waals surface area contributed by atoms with Crippen LogP contribution in [0.15, 0.2) is 408 Å². The third-order valence-electron chi connectivity index (χ3n) is 24.0. The molecule has 18 rings (SSSR count). The molecule has 0 aromatic heterocycles. The van der Waals surface area contributed by atoms with Crippen LogP contribution >= 0.6 is 0 Å². The Morgan fingerprint density at radius 3 is 0.421 bits per heavy atom. The third kappa shape index (κ3) is 22.9. The van der Waals surface area contributed by atoms with Crippen LogP contribution in [0.1, 0.15) is 76.0 Å². The lowest BCUT2D eigenvalue weighted by Gasteiger charge is -2.35. The maximum atomic E-state index is 16.1. The van der Waals surface area contributed by atoms with Gasteiger partial charge >= 0.3 is 0 Å². The summed E-state index contributed by atoms with van der Waals surface area (Å²) >= 11 is 0. The minimum atomic E-state index is -2.92. The molecule has 0 radical (unpaired) electrons. The van der Waals surface area contributed by atoms with Crippen molar-refractivity contribution in [2.24, 2.45) is 0 Å². The SMILES string of the molecule is CCCCc1cc([S+](c2ccccc2)c2ccccc2)c(-c2c(F)cccc2F)c(-c2c(F)cccc2F)c1-c1c(F)cccc1F.CCCCc1cc([S+](c2ccccc2)c2ccccc2)c(-c2c(F)cccc2F)c(-c2c(F)cccc2F)c1-c1c(F)cccc1F.CCCCc1cc([S+](c2ccccc2)c2ccccc2)c(-c2c(F)cccc2F)c(-c2c(F)cccc2F)c1-c1c(F)cccc1F.[O-]B([O-])[O-]. The van der Waals surface area contributed by atoms with Crippen molar-refractivity contribution in [3.05, 3.63) is 485 Å². The fraction of sp³-hybridized carbons (Fsp3) is 0.100. The number of hydrogen-bond acceptors (Lipinski definition) is 3. The van der Waals surface area contributed by atoms with E-state index in [0.29, 0.717) is 69.9 Å². The number of hydrogen-bond donors (Lipinski definition) is 0. The van der Waals surface area contributed by atoms with Gasteiger partial charge in [0.2, 0.25) is 0 Å². The van der Waals surface area contributed by atoms with Gasteiger partial charge in [-0.25, -0.2) is 79.0 Å². The van der Waals surface area contributed by atoms with Gasteiger partial charge in [0.25, 0.3) is 0 Å². The lowest BCUT2D eigenvalue weighted by Crippen LogP contribution is -2.56. The van der Waals surface area contributed by atoms with Crippen molar-refractivity contribution in [3.8, 4) is 100 Å².